The van der Waals surface area contributed by atoms with Crippen LogP contribution in [0, 0.1) is 0 Å². The molecule has 0 atom stereocenters. The van der Waals surface area contributed by atoms with Crippen LogP contribution in [-0.4, -0.2) is 20.8 Å². The first-order valence-electron chi connectivity index (χ1n) is 5.50. The van der Waals surface area contributed by atoms with Gasteiger partial charge in [-0.1, -0.05) is 43.9 Å². The number of hydrogen-bond donors (Lipinski definition) is 1. The molecule has 0 saturated carbocycles. The van der Waals surface area contributed by atoms with Crippen molar-refractivity contribution in [1.29, 1.82) is 0 Å². The van der Waals surface area contributed by atoms with Gasteiger partial charge in [-0.15, -0.1) is 0 Å². The van der Waals surface area contributed by atoms with E-state index in [2.05, 4.69) is 32.0 Å². The lowest BCUT2D eigenvalue weighted by molar-refractivity contribution is -0.682. The number of aromatic nitrogens is 4. The molecule has 0 amide bonds. The van der Waals surface area contributed by atoms with E-state index in [0.29, 0.717) is 0 Å². The second-order valence-electron chi connectivity index (χ2n) is 4.06. The van der Waals surface area contributed by atoms with Gasteiger partial charge < -0.3 is 22.0 Å². The second-order valence-corrected chi connectivity index (χ2v) is 5.46. The van der Waals surface area contributed by atoms with E-state index in [1.165, 1.54) is 0 Å². The molecule has 0 fully saturated rings. The highest BCUT2D eigenvalue weighted by molar-refractivity contribution is 9.11. The molecule has 3 heterocycles. The number of benzene rings is 1. The van der Waals surface area contributed by atoms with Crippen molar-refractivity contribution in [1.82, 2.24) is 15.1 Å². The van der Waals surface area contributed by atoms with Crippen molar-refractivity contribution in [2.45, 2.75) is 5.16 Å². The Bertz CT molecular complexity index is 812. The highest BCUT2D eigenvalue weighted by atomic mass is 79.9. The summed E-state index contributed by atoms with van der Waals surface area (Å²) in [6, 6.07) is 8.14. The summed E-state index contributed by atoms with van der Waals surface area (Å²) in [5.41, 5.74) is 3.97. The molecule has 4 nitrogen and oxygen atoms in total. The lowest BCUT2D eigenvalue weighted by Crippen LogP contribution is -3.00. The number of para-hydroxylation sites is 1. The Balaban J connectivity index is 0.00000110. The predicted molar refractivity (Wildman–Crippen MR) is 75.5 cm³/mol. The molecule has 0 saturated heterocycles. The van der Waals surface area contributed by atoms with Crippen LogP contribution >= 0.6 is 27.7 Å². The Morgan fingerprint density at radius 3 is 3.05 bits per heavy atom. The van der Waals surface area contributed by atoms with Crippen LogP contribution in [0.2, 0.25) is 0 Å². The third kappa shape index (κ3) is 1.91. The zero-order valence-corrected chi connectivity index (χ0v) is 13.6. The summed E-state index contributed by atoms with van der Waals surface area (Å²) in [5, 5.41) is 6.74. The maximum absolute atomic E-state index is 4.70. The molecule has 1 aliphatic rings. The molecule has 0 aliphatic carbocycles. The average Bonchev–Trinajstić information content (AvgIpc) is 2.96. The molecule has 4 rings (SSSR count). The van der Waals surface area contributed by atoms with Gasteiger partial charge in [-0.05, 0) is 22.8 Å². The Labute approximate surface area is 132 Å². The van der Waals surface area contributed by atoms with Crippen molar-refractivity contribution >= 4 is 55.5 Å². The van der Waals surface area contributed by atoms with Crippen molar-refractivity contribution in [2.75, 3.05) is 5.75 Å². The molecule has 96 valence electrons. The fourth-order valence-corrected chi connectivity index (χ4v) is 3.63. The molecule has 0 bridgehead atoms. The summed E-state index contributed by atoms with van der Waals surface area (Å²) in [6.07, 6.45) is 0. The Kier molecular flexibility index (Phi) is 3.36. The number of fused-ring (bicyclic) bond motifs is 4. The van der Waals surface area contributed by atoms with Gasteiger partial charge in [-0.3, -0.25) is 0 Å². The van der Waals surface area contributed by atoms with Gasteiger partial charge >= 0.3 is 5.16 Å². The predicted octanol–water partition coefficient (Wildman–Crippen LogP) is -0.298. The zero-order valence-electron chi connectivity index (χ0n) is 9.60. The van der Waals surface area contributed by atoms with Crippen LogP contribution in [0.15, 0.2) is 34.4 Å². The third-order valence-corrected chi connectivity index (χ3v) is 4.49. The van der Waals surface area contributed by atoms with Crippen LogP contribution in [-0.2, 0) is 0 Å². The topological polar surface area (TPSA) is 45.5 Å². The summed E-state index contributed by atoms with van der Waals surface area (Å²) in [5.74, 6) is 0.899. The Morgan fingerprint density at radius 1 is 1.37 bits per heavy atom. The van der Waals surface area contributed by atoms with Crippen molar-refractivity contribution < 1.29 is 21.7 Å². The summed E-state index contributed by atoms with van der Waals surface area (Å²) >= 11 is 5.08. The first kappa shape index (κ1) is 13.1. The fourth-order valence-electron chi connectivity index (χ4n) is 2.14. The second kappa shape index (κ2) is 4.88. The molecule has 3 aromatic rings. The number of nitrogens with zero attached hydrogens (tertiary/aromatic N) is 3. The molecule has 19 heavy (non-hydrogen) atoms. The smallest absolute Gasteiger partial charge is 0.387 e. The molecular weight excluding hydrogens is 392 g/mol. The van der Waals surface area contributed by atoms with Gasteiger partial charge in [-0.25, -0.2) is 0 Å². The fraction of sp³-hybridized carbons (Fsp3) is 0.0833. The molecule has 1 N–H and O–H groups in total. The summed E-state index contributed by atoms with van der Waals surface area (Å²) in [7, 11) is 0. The van der Waals surface area contributed by atoms with Gasteiger partial charge in [0.05, 0.1) is 11.3 Å². The highest BCUT2D eigenvalue weighted by Gasteiger charge is 2.30. The molecule has 1 aromatic carbocycles. The zero-order chi connectivity index (χ0) is 12.1. The van der Waals surface area contributed by atoms with E-state index >= 15 is 0 Å². The molecule has 2 aromatic heterocycles. The molecule has 1 aliphatic heterocycles. The number of thioether (sulfide) groups is 1. The van der Waals surface area contributed by atoms with Crippen LogP contribution in [0.3, 0.4) is 0 Å². The number of halogens is 2. The standard InChI is InChI=1S/C12H7BrN4S.BrH/c13-5-7-6-18-12-15-11-10(16-17(7)12)8-3-1-2-4-9(8)14-11;/h1-5H,6H2;1H/b7-5-;. The maximum Gasteiger partial charge on any atom is 0.387 e. The number of rotatable bonds is 0. The minimum atomic E-state index is 0. The van der Waals surface area contributed by atoms with Gasteiger partial charge in [0.15, 0.2) is 11.2 Å². The minimum absolute atomic E-state index is 0. The van der Waals surface area contributed by atoms with Crippen molar-refractivity contribution in [3.63, 3.8) is 0 Å². The minimum Gasteiger partial charge on any atom is -1.00 e. The SMILES string of the molecule is Br/C=C1/CSc2nc3[nH]c4ccccc4c3n[n+]21.[Br-]. The van der Waals surface area contributed by atoms with E-state index < -0.39 is 0 Å². The Hall–Kier alpha value is -0.920. The highest BCUT2D eigenvalue weighted by Crippen LogP contribution is 2.27. The Morgan fingerprint density at radius 2 is 2.21 bits per heavy atom. The van der Waals surface area contributed by atoms with E-state index in [-0.39, 0.29) is 17.0 Å². The average molecular weight is 400 g/mol. The van der Waals surface area contributed by atoms with Gasteiger partial charge in [-0.2, -0.15) is 0 Å². The monoisotopic (exact) mass is 398 g/mol. The number of hydrogen-bond acceptors (Lipinski definition) is 3. The maximum atomic E-state index is 4.70. The van der Waals surface area contributed by atoms with Crippen molar-refractivity contribution in [3.8, 4) is 0 Å². The summed E-state index contributed by atoms with van der Waals surface area (Å²) in [4.78, 5) is 9.86. The number of H-pyrrole nitrogens is 1. The van der Waals surface area contributed by atoms with Gasteiger partial charge in [0.25, 0.3) is 5.65 Å². The van der Waals surface area contributed by atoms with E-state index in [9.17, 15) is 0 Å². The van der Waals surface area contributed by atoms with Crippen molar-refractivity contribution in [3.05, 3.63) is 29.3 Å². The lowest BCUT2D eigenvalue weighted by Gasteiger charge is -1.92. The van der Waals surface area contributed by atoms with E-state index in [0.717, 1.165) is 38.7 Å². The van der Waals surface area contributed by atoms with Crippen LogP contribution in [0.1, 0.15) is 0 Å². The number of aromatic amines is 1. The van der Waals surface area contributed by atoms with Crippen LogP contribution in [0.25, 0.3) is 27.8 Å². The largest absolute Gasteiger partial charge is 1.00 e. The summed E-state index contributed by atoms with van der Waals surface area (Å²) < 4.78 is 1.90. The lowest BCUT2D eigenvalue weighted by atomic mass is 10.2. The first-order valence-corrected chi connectivity index (χ1v) is 7.40. The van der Waals surface area contributed by atoms with E-state index in [1.807, 2.05) is 27.9 Å². The molecular formula is C12H8Br2N4S. The first-order chi connectivity index (χ1) is 8.86. The van der Waals surface area contributed by atoms with Gasteiger partial charge in [0, 0.05) is 10.4 Å². The molecule has 0 unspecified atom stereocenters. The van der Waals surface area contributed by atoms with Crippen molar-refractivity contribution in [2.24, 2.45) is 0 Å². The van der Waals surface area contributed by atoms with Crippen LogP contribution in [0.5, 0.6) is 0 Å². The van der Waals surface area contributed by atoms with Crippen LogP contribution < -0.4 is 21.7 Å². The molecule has 0 spiro atoms. The van der Waals surface area contributed by atoms with Gasteiger partial charge in [0.1, 0.15) is 0 Å². The molecule has 7 heteroatoms. The van der Waals surface area contributed by atoms with E-state index in [4.69, 9.17) is 5.10 Å². The third-order valence-electron chi connectivity index (χ3n) is 3.00. The van der Waals surface area contributed by atoms with Crippen LogP contribution in [0.4, 0.5) is 0 Å². The van der Waals surface area contributed by atoms with Gasteiger partial charge in [0.2, 0.25) is 0 Å². The summed E-state index contributed by atoms with van der Waals surface area (Å²) in [6.45, 7) is 0. The normalized spacial score (nSPS) is 15.9. The van der Waals surface area contributed by atoms with E-state index in [1.54, 1.807) is 11.8 Å². The number of nitrogens with one attached hydrogen (secondary N) is 1. The molecule has 0 radical (unpaired) electrons. The quantitative estimate of drug-likeness (QED) is 0.528.